The summed E-state index contributed by atoms with van der Waals surface area (Å²) in [5, 5.41) is 8.55. The van der Waals surface area contributed by atoms with Gasteiger partial charge in [0.1, 0.15) is 0 Å². The number of aromatic carboxylic acids is 1. The Labute approximate surface area is 76.0 Å². The van der Waals surface area contributed by atoms with Gasteiger partial charge in [-0.25, -0.2) is 9.78 Å². The van der Waals surface area contributed by atoms with Gasteiger partial charge in [-0.2, -0.15) is 0 Å². The number of carbonyl (C=O) groups is 1. The van der Waals surface area contributed by atoms with Crippen LogP contribution in [0.5, 0.6) is 0 Å². The minimum absolute atomic E-state index is 0.262. The van der Waals surface area contributed by atoms with Gasteiger partial charge in [-0.15, -0.1) is 0 Å². The van der Waals surface area contributed by atoms with E-state index in [2.05, 4.69) is 4.98 Å². The number of oxazole rings is 1. The molecule has 1 rings (SSSR count). The molecule has 72 valence electrons. The maximum atomic E-state index is 10.4. The Kier molecular flexibility index (Phi) is 2.89. The number of aromatic nitrogens is 1. The molecule has 0 spiro atoms. The van der Waals surface area contributed by atoms with E-state index in [1.807, 2.05) is 18.7 Å². The molecule has 0 saturated carbocycles. The van der Waals surface area contributed by atoms with Crippen molar-refractivity contribution in [3.8, 4) is 0 Å². The first kappa shape index (κ1) is 9.57. The van der Waals surface area contributed by atoms with E-state index in [0.717, 1.165) is 13.1 Å². The van der Waals surface area contributed by atoms with E-state index in [0.29, 0.717) is 5.88 Å². The van der Waals surface area contributed by atoms with Crippen molar-refractivity contribution in [2.75, 3.05) is 18.0 Å². The van der Waals surface area contributed by atoms with Crippen LogP contribution < -0.4 is 4.90 Å². The Hall–Kier alpha value is -1.52. The second-order valence-electron chi connectivity index (χ2n) is 2.48. The molecule has 0 saturated heterocycles. The summed E-state index contributed by atoms with van der Waals surface area (Å²) in [4.78, 5) is 16.0. The van der Waals surface area contributed by atoms with Crippen LogP contribution in [0.2, 0.25) is 0 Å². The number of carboxylic acids is 1. The van der Waals surface area contributed by atoms with Crippen molar-refractivity contribution in [2.45, 2.75) is 13.8 Å². The molecule has 0 aliphatic carbocycles. The highest BCUT2D eigenvalue weighted by molar-refractivity contribution is 5.82. The zero-order valence-corrected chi connectivity index (χ0v) is 7.65. The molecule has 0 radical (unpaired) electrons. The molecule has 0 unspecified atom stereocenters. The van der Waals surface area contributed by atoms with Gasteiger partial charge < -0.3 is 14.4 Å². The third-order valence-corrected chi connectivity index (χ3v) is 1.75. The summed E-state index contributed by atoms with van der Waals surface area (Å²) in [6.07, 6.45) is 1.43. The fraction of sp³-hybridized carbons (Fsp3) is 0.500. The molecule has 5 nitrogen and oxygen atoms in total. The smallest absolute Gasteiger partial charge is 0.392 e. The minimum Gasteiger partial charge on any atom is -0.474 e. The van der Waals surface area contributed by atoms with Gasteiger partial charge >= 0.3 is 11.9 Å². The van der Waals surface area contributed by atoms with Gasteiger partial charge in [0.25, 0.3) is 0 Å². The average Bonchev–Trinajstić information content (AvgIpc) is 2.56. The van der Waals surface area contributed by atoms with E-state index in [1.165, 1.54) is 6.20 Å². The second-order valence-corrected chi connectivity index (χ2v) is 2.48. The number of hydrogen-bond acceptors (Lipinski definition) is 4. The molecule has 1 aromatic rings. The molecular formula is C8H12N2O3. The molecule has 5 heteroatoms. The Morgan fingerprint density at radius 2 is 2.23 bits per heavy atom. The fourth-order valence-electron chi connectivity index (χ4n) is 1.05. The van der Waals surface area contributed by atoms with Gasteiger partial charge in [0, 0.05) is 13.1 Å². The lowest BCUT2D eigenvalue weighted by atomic mass is 10.5. The summed E-state index contributed by atoms with van der Waals surface area (Å²) >= 11 is 0. The van der Waals surface area contributed by atoms with E-state index >= 15 is 0 Å². The first-order valence-electron chi connectivity index (χ1n) is 4.13. The standard InChI is InChI=1S/C8H12N2O3/c1-3-10(4-2)6-5-9-7(13-6)8(11)12/h5H,3-4H2,1-2H3,(H,11,12). The summed E-state index contributed by atoms with van der Waals surface area (Å²) in [5.74, 6) is -0.900. The van der Waals surface area contributed by atoms with Crippen molar-refractivity contribution in [2.24, 2.45) is 0 Å². The fourth-order valence-corrected chi connectivity index (χ4v) is 1.05. The van der Waals surface area contributed by atoms with Crippen LogP contribution >= 0.6 is 0 Å². The Bertz CT molecular complexity index is 291. The van der Waals surface area contributed by atoms with Gasteiger partial charge in [-0.1, -0.05) is 0 Å². The van der Waals surface area contributed by atoms with Crippen LogP contribution in [0.3, 0.4) is 0 Å². The molecule has 0 aliphatic heterocycles. The molecule has 0 aromatic carbocycles. The van der Waals surface area contributed by atoms with Gasteiger partial charge in [0.15, 0.2) is 0 Å². The second kappa shape index (κ2) is 3.93. The summed E-state index contributed by atoms with van der Waals surface area (Å²) in [5.41, 5.74) is 0. The van der Waals surface area contributed by atoms with E-state index in [9.17, 15) is 4.79 Å². The highest BCUT2D eigenvalue weighted by Crippen LogP contribution is 2.14. The van der Waals surface area contributed by atoms with Crippen molar-refractivity contribution in [1.82, 2.24) is 4.98 Å². The number of nitrogens with zero attached hydrogens (tertiary/aromatic N) is 2. The van der Waals surface area contributed by atoms with Crippen LogP contribution in [0.4, 0.5) is 5.88 Å². The molecule has 0 atom stereocenters. The number of carboxylic acid groups (broad SMARTS) is 1. The lowest BCUT2D eigenvalue weighted by Gasteiger charge is -2.15. The SMILES string of the molecule is CCN(CC)c1cnc(C(=O)O)o1. The van der Waals surface area contributed by atoms with Crippen LogP contribution in [-0.2, 0) is 0 Å². The number of hydrogen-bond donors (Lipinski definition) is 1. The maximum absolute atomic E-state index is 10.4. The summed E-state index contributed by atoms with van der Waals surface area (Å²) < 4.78 is 5.00. The predicted molar refractivity (Wildman–Crippen MR) is 47.0 cm³/mol. The van der Waals surface area contributed by atoms with Crippen molar-refractivity contribution >= 4 is 11.9 Å². The number of rotatable bonds is 4. The van der Waals surface area contributed by atoms with Gasteiger partial charge in [-0.05, 0) is 13.8 Å². The monoisotopic (exact) mass is 184 g/mol. The van der Waals surface area contributed by atoms with Crippen LogP contribution in [0.25, 0.3) is 0 Å². The zero-order valence-electron chi connectivity index (χ0n) is 7.65. The largest absolute Gasteiger partial charge is 0.474 e. The Morgan fingerprint density at radius 1 is 1.62 bits per heavy atom. The predicted octanol–water partition coefficient (Wildman–Crippen LogP) is 1.22. The van der Waals surface area contributed by atoms with E-state index < -0.39 is 5.97 Å². The molecule has 1 N–H and O–H groups in total. The summed E-state index contributed by atoms with van der Waals surface area (Å²) in [7, 11) is 0. The molecular weight excluding hydrogens is 172 g/mol. The van der Waals surface area contributed by atoms with Crippen LogP contribution in [0.1, 0.15) is 24.5 Å². The summed E-state index contributed by atoms with van der Waals surface area (Å²) in [6.45, 7) is 5.47. The highest BCUT2D eigenvalue weighted by atomic mass is 16.4. The van der Waals surface area contributed by atoms with Gasteiger partial charge in [0.2, 0.25) is 5.88 Å². The molecule has 1 heterocycles. The Balaban J connectivity index is 2.84. The lowest BCUT2D eigenvalue weighted by Crippen LogP contribution is -2.21. The maximum Gasteiger partial charge on any atom is 0.392 e. The minimum atomic E-state index is -1.14. The first-order chi connectivity index (χ1) is 6.19. The quantitative estimate of drug-likeness (QED) is 0.762. The average molecular weight is 184 g/mol. The van der Waals surface area contributed by atoms with Gasteiger partial charge in [0.05, 0.1) is 6.20 Å². The molecule has 0 bridgehead atoms. The molecule has 0 amide bonds. The highest BCUT2D eigenvalue weighted by Gasteiger charge is 2.13. The molecule has 13 heavy (non-hydrogen) atoms. The van der Waals surface area contributed by atoms with Crippen molar-refractivity contribution in [1.29, 1.82) is 0 Å². The Morgan fingerprint density at radius 3 is 2.62 bits per heavy atom. The first-order valence-corrected chi connectivity index (χ1v) is 4.13. The topological polar surface area (TPSA) is 66.6 Å². The molecule has 0 aliphatic rings. The van der Waals surface area contributed by atoms with Crippen molar-refractivity contribution in [3.05, 3.63) is 12.1 Å². The summed E-state index contributed by atoms with van der Waals surface area (Å²) in [6, 6.07) is 0. The van der Waals surface area contributed by atoms with Crippen molar-refractivity contribution in [3.63, 3.8) is 0 Å². The van der Waals surface area contributed by atoms with E-state index in [4.69, 9.17) is 9.52 Å². The third kappa shape index (κ3) is 1.99. The van der Waals surface area contributed by atoms with Crippen LogP contribution in [0.15, 0.2) is 10.6 Å². The lowest BCUT2D eigenvalue weighted by molar-refractivity contribution is 0.0654. The van der Waals surface area contributed by atoms with E-state index in [-0.39, 0.29) is 5.89 Å². The van der Waals surface area contributed by atoms with E-state index in [1.54, 1.807) is 0 Å². The normalized spacial score (nSPS) is 10.0. The zero-order chi connectivity index (χ0) is 9.84. The van der Waals surface area contributed by atoms with Crippen LogP contribution in [0, 0.1) is 0 Å². The van der Waals surface area contributed by atoms with Crippen LogP contribution in [-0.4, -0.2) is 29.1 Å². The van der Waals surface area contributed by atoms with Crippen molar-refractivity contribution < 1.29 is 14.3 Å². The van der Waals surface area contributed by atoms with Gasteiger partial charge in [-0.3, -0.25) is 0 Å². The third-order valence-electron chi connectivity index (χ3n) is 1.75. The number of anilines is 1. The molecule has 0 fully saturated rings. The molecule has 1 aromatic heterocycles.